The fourth-order valence-electron chi connectivity index (χ4n) is 1.79. The molecule has 2 rings (SSSR count). The topological polar surface area (TPSA) is 44.4 Å². The summed E-state index contributed by atoms with van der Waals surface area (Å²) in [5.41, 5.74) is 0.700. The highest BCUT2D eigenvalue weighted by Crippen LogP contribution is 2.25. The van der Waals surface area contributed by atoms with Crippen molar-refractivity contribution in [2.45, 2.75) is 5.92 Å². The number of para-hydroxylation sites is 1. The summed E-state index contributed by atoms with van der Waals surface area (Å²) in [6.45, 7) is 0.372. The van der Waals surface area contributed by atoms with Gasteiger partial charge < -0.3 is 10.6 Å². The number of hydrogen-bond acceptors (Lipinski definition) is 2. The van der Waals surface area contributed by atoms with E-state index in [1.54, 1.807) is 17.0 Å². The standard InChI is InChI=1S/C12H15F2N3O/c13-12(14)8-17(9-12)7-6-15-11(18)16-10-4-2-1-3-5-10/h1-5H,6-9H2,(H2,15,16,18). The van der Waals surface area contributed by atoms with Crippen LogP contribution < -0.4 is 10.6 Å². The maximum Gasteiger partial charge on any atom is 0.319 e. The molecule has 2 N–H and O–H groups in total. The van der Waals surface area contributed by atoms with Gasteiger partial charge in [0, 0.05) is 18.8 Å². The molecule has 98 valence electrons. The van der Waals surface area contributed by atoms with Crippen LogP contribution in [0.4, 0.5) is 19.3 Å². The molecule has 0 atom stereocenters. The number of nitrogens with zero attached hydrogens (tertiary/aromatic N) is 1. The highest BCUT2D eigenvalue weighted by molar-refractivity contribution is 5.89. The molecule has 1 aromatic rings. The molecule has 2 amide bonds. The SMILES string of the molecule is O=C(NCCN1CC(F)(F)C1)Nc1ccccc1. The number of carbonyl (C=O) groups is 1. The van der Waals surface area contributed by atoms with E-state index in [1.807, 2.05) is 18.2 Å². The average Bonchev–Trinajstić information content (AvgIpc) is 2.27. The number of rotatable bonds is 4. The van der Waals surface area contributed by atoms with Gasteiger partial charge in [0.2, 0.25) is 0 Å². The fraction of sp³-hybridized carbons (Fsp3) is 0.417. The van der Waals surface area contributed by atoms with E-state index in [2.05, 4.69) is 10.6 Å². The summed E-state index contributed by atoms with van der Waals surface area (Å²) < 4.78 is 25.0. The highest BCUT2D eigenvalue weighted by Gasteiger charge is 2.43. The Hall–Kier alpha value is -1.69. The van der Waals surface area contributed by atoms with Crippen molar-refractivity contribution in [2.75, 3.05) is 31.5 Å². The highest BCUT2D eigenvalue weighted by atomic mass is 19.3. The second-order valence-corrected chi connectivity index (χ2v) is 4.31. The van der Waals surface area contributed by atoms with Gasteiger partial charge in [-0.15, -0.1) is 0 Å². The smallest absolute Gasteiger partial charge is 0.319 e. The lowest BCUT2D eigenvalue weighted by molar-refractivity contribution is -0.129. The lowest BCUT2D eigenvalue weighted by atomic mass is 10.1. The molecule has 4 nitrogen and oxygen atoms in total. The summed E-state index contributed by atoms with van der Waals surface area (Å²) in [5.74, 6) is -2.55. The molecule has 0 bridgehead atoms. The van der Waals surface area contributed by atoms with Crippen LogP contribution in [0.3, 0.4) is 0 Å². The van der Waals surface area contributed by atoms with Crippen LogP contribution in [-0.4, -0.2) is 43.0 Å². The van der Waals surface area contributed by atoms with E-state index < -0.39 is 5.92 Å². The van der Waals surface area contributed by atoms with Gasteiger partial charge in [-0.2, -0.15) is 0 Å². The molecule has 1 fully saturated rings. The lowest BCUT2D eigenvalue weighted by Crippen LogP contribution is -2.57. The fourth-order valence-corrected chi connectivity index (χ4v) is 1.79. The lowest BCUT2D eigenvalue weighted by Gasteiger charge is -2.38. The van der Waals surface area contributed by atoms with Crippen molar-refractivity contribution in [1.29, 1.82) is 0 Å². The molecule has 0 aliphatic carbocycles. The number of carbonyl (C=O) groups excluding carboxylic acids is 1. The van der Waals surface area contributed by atoms with Gasteiger partial charge in [0.05, 0.1) is 13.1 Å². The van der Waals surface area contributed by atoms with Crippen molar-refractivity contribution >= 4 is 11.7 Å². The summed E-state index contributed by atoms with van der Waals surface area (Å²) in [5, 5.41) is 5.27. The van der Waals surface area contributed by atoms with Crippen LogP contribution >= 0.6 is 0 Å². The first kappa shape index (κ1) is 12.8. The Morgan fingerprint density at radius 1 is 1.28 bits per heavy atom. The molecule has 0 saturated carbocycles. The molecular weight excluding hydrogens is 240 g/mol. The molecule has 0 aromatic heterocycles. The second kappa shape index (κ2) is 5.30. The number of hydrogen-bond donors (Lipinski definition) is 2. The number of likely N-dealkylation sites (tertiary alicyclic amines) is 1. The molecule has 1 heterocycles. The predicted octanol–water partition coefficient (Wildman–Crippen LogP) is 1.76. The van der Waals surface area contributed by atoms with Crippen molar-refractivity contribution in [2.24, 2.45) is 0 Å². The van der Waals surface area contributed by atoms with Crippen LogP contribution in [0.5, 0.6) is 0 Å². The normalized spacial score (nSPS) is 17.9. The summed E-state index contributed by atoms with van der Waals surface area (Å²) >= 11 is 0. The van der Waals surface area contributed by atoms with E-state index in [0.29, 0.717) is 18.8 Å². The Morgan fingerprint density at radius 3 is 2.56 bits per heavy atom. The molecule has 0 spiro atoms. The predicted molar refractivity (Wildman–Crippen MR) is 64.9 cm³/mol. The zero-order valence-electron chi connectivity index (χ0n) is 9.83. The van der Waals surface area contributed by atoms with E-state index in [-0.39, 0.29) is 19.1 Å². The Balaban J connectivity index is 1.61. The number of benzene rings is 1. The number of halogens is 2. The van der Waals surface area contributed by atoms with E-state index >= 15 is 0 Å². The average molecular weight is 255 g/mol. The van der Waals surface area contributed by atoms with Crippen LogP contribution in [0.25, 0.3) is 0 Å². The van der Waals surface area contributed by atoms with Gasteiger partial charge in [-0.05, 0) is 12.1 Å². The number of amides is 2. The monoisotopic (exact) mass is 255 g/mol. The minimum Gasteiger partial charge on any atom is -0.337 e. The molecule has 6 heteroatoms. The van der Waals surface area contributed by atoms with Crippen molar-refractivity contribution in [3.05, 3.63) is 30.3 Å². The third kappa shape index (κ3) is 3.66. The molecule has 0 radical (unpaired) electrons. The molecule has 1 aliphatic heterocycles. The summed E-state index contributed by atoms with van der Waals surface area (Å²) in [6.07, 6.45) is 0. The van der Waals surface area contributed by atoms with Gasteiger partial charge in [-0.25, -0.2) is 13.6 Å². The maximum absolute atomic E-state index is 12.5. The third-order valence-corrected chi connectivity index (χ3v) is 2.66. The van der Waals surface area contributed by atoms with Gasteiger partial charge in [0.25, 0.3) is 5.92 Å². The van der Waals surface area contributed by atoms with Crippen molar-refractivity contribution in [3.63, 3.8) is 0 Å². The van der Waals surface area contributed by atoms with Gasteiger partial charge in [0.15, 0.2) is 0 Å². The van der Waals surface area contributed by atoms with Crippen LogP contribution in [0.1, 0.15) is 0 Å². The van der Waals surface area contributed by atoms with Crippen molar-refractivity contribution in [3.8, 4) is 0 Å². The van der Waals surface area contributed by atoms with Crippen molar-refractivity contribution < 1.29 is 13.6 Å². The molecule has 0 unspecified atom stereocenters. The maximum atomic E-state index is 12.5. The van der Waals surface area contributed by atoms with Crippen LogP contribution in [0.2, 0.25) is 0 Å². The summed E-state index contributed by atoms with van der Waals surface area (Å²) in [7, 11) is 0. The molecular formula is C12H15F2N3O. The van der Waals surface area contributed by atoms with Crippen molar-refractivity contribution in [1.82, 2.24) is 10.2 Å². The van der Waals surface area contributed by atoms with Crippen LogP contribution in [0.15, 0.2) is 30.3 Å². The van der Waals surface area contributed by atoms with Gasteiger partial charge >= 0.3 is 6.03 Å². The first-order chi connectivity index (χ1) is 8.55. The first-order valence-corrected chi connectivity index (χ1v) is 5.75. The molecule has 1 aromatic carbocycles. The van der Waals surface area contributed by atoms with Crippen LogP contribution in [0, 0.1) is 0 Å². The van der Waals surface area contributed by atoms with Crippen LogP contribution in [-0.2, 0) is 0 Å². The first-order valence-electron chi connectivity index (χ1n) is 5.75. The quantitative estimate of drug-likeness (QED) is 0.861. The summed E-state index contributed by atoms with van der Waals surface area (Å²) in [6, 6.07) is 8.71. The number of anilines is 1. The Morgan fingerprint density at radius 2 is 1.94 bits per heavy atom. The largest absolute Gasteiger partial charge is 0.337 e. The van der Waals surface area contributed by atoms with E-state index in [4.69, 9.17) is 0 Å². The summed E-state index contributed by atoms with van der Waals surface area (Å²) in [4.78, 5) is 13.0. The zero-order chi connectivity index (χ0) is 13.0. The van der Waals surface area contributed by atoms with Gasteiger partial charge in [-0.3, -0.25) is 4.90 Å². The van der Waals surface area contributed by atoms with E-state index in [9.17, 15) is 13.6 Å². The molecule has 18 heavy (non-hydrogen) atoms. The molecule has 1 aliphatic rings. The second-order valence-electron chi connectivity index (χ2n) is 4.31. The number of nitrogens with one attached hydrogen (secondary N) is 2. The number of alkyl halides is 2. The molecule has 1 saturated heterocycles. The Bertz CT molecular complexity index is 403. The van der Waals surface area contributed by atoms with Gasteiger partial charge in [0.1, 0.15) is 0 Å². The zero-order valence-corrected chi connectivity index (χ0v) is 9.83. The Labute approximate surface area is 104 Å². The number of urea groups is 1. The van der Waals surface area contributed by atoms with E-state index in [0.717, 1.165) is 0 Å². The van der Waals surface area contributed by atoms with E-state index in [1.165, 1.54) is 0 Å². The minimum absolute atomic E-state index is 0.213. The minimum atomic E-state index is -2.55. The Kier molecular flexibility index (Phi) is 3.76. The van der Waals surface area contributed by atoms with Gasteiger partial charge in [-0.1, -0.05) is 18.2 Å². The third-order valence-electron chi connectivity index (χ3n) is 2.66.